The molecule has 2 saturated carbocycles. The fraction of sp³-hybridized carbons (Fsp3) is 0.600. The third kappa shape index (κ3) is 4.37. The van der Waals surface area contributed by atoms with E-state index in [1.165, 1.54) is 5.56 Å². The van der Waals surface area contributed by atoms with E-state index in [-0.39, 0.29) is 23.8 Å². The molecule has 0 aromatic heterocycles. The Balaban J connectivity index is 1.46. The molecule has 1 aromatic rings. The van der Waals surface area contributed by atoms with Crippen LogP contribution in [0.3, 0.4) is 0 Å². The van der Waals surface area contributed by atoms with Gasteiger partial charge in [0.15, 0.2) is 0 Å². The topological polar surface area (TPSA) is 66.4 Å². The van der Waals surface area contributed by atoms with Crippen molar-refractivity contribution < 1.29 is 14.7 Å². The summed E-state index contributed by atoms with van der Waals surface area (Å²) in [5.41, 5.74) is 1.37. The van der Waals surface area contributed by atoms with E-state index in [1.807, 2.05) is 6.07 Å². The van der Waals surface area contributed by atoms with Gasteiger partial charge in [0, 0.05) is 12.0 Å². The van der Waals surface area contributed by atoms with Crippen molar-refractivity contribution in [2.24, 2.45) is 17.8 Å². The number of amides is 1. The SMILES string of the molecule is O=C(O)C1CCCC(C(=O)NC2CCC(Cc3ccccc3)C2)C1. The first kappa shape index (κ1) is 17.0. The lowest BCUT2D eigenvalue weighted by atomic mass is 9.81. The van der Waals surface area contributed by atoms with Gasteiger partial charge in [-0.2, -0.15) is 0 Å². The monoisotopic (exact) mass is 329 g/mol. The van der Waals surface area contributed by atoms with E-state index in [0.717, 1.165) is 38.5 Å². The Morgan fingerprint density at radius 1 is 1.00 bits per heavy atom. The smallest absolute Gasteiger partial charge is 0.306 e. The van der Waals surface area contributed by atoms with Crippen molar-refractivity contribution in [3.05, 3.63) is 35.9 Å². The molecule has 3 rings (SSSR count). The number of carbonyl (C=O) groups is 2. The molecule has 24 heavy (non-hydrogen) atoms. The summed E-state index contributed by atoms with van der Waals surface area (Å²) in [7, 11) is 0. The molecule has 2 N–H and O–H groups in total. The van der Waals surface area contributed by atoms with Gasteiger partial charge in [0.05, 0.1) is 5.92 Å². The highest BCUT2D eigenvalue weighted by atomic mass is 16.4. The zero-order valence-electron chi connectivity index (χ0n) is 14.1. The Labute approximate surface area is 143 Å². The summed E-state index contributed by atoms with van der Waals surface area (Å²) >= 11 is 0. The standard InChI is InChI=1S/C20H27NO3/c22-19(16-7-4-8-17(13-16)20(23)24)21-18-10-9-15(12-18)11-14-5-2-1-3-6-14/h1-3,5-6,15-18H,4,7-13H2,(H,21,22)(H,23,24). The van der Waals surface area contributed by atoms with Crippen LogP contribution in [0, 0.1) is 17.8 Å². The number of rotatable bonds is 5. The Kier molecular flexibility index (Phi) is 5.54. The first-order valence-electron chi connectivity index (χ1n) is 9.19. The Bertz CT molecular complexity index is 572. The van der Waals surface area contributed by atoms with E-state index in [4.69, 9.17) is 5.11 Å². The summed E-state index contributed by atoms with van der Waals surface area (Å²) in [6.07, 6.45) is 7.20. The van der Waals surface area contributed by atoms with Crippen LogP contribution in [-0.4, -0.2) is 23.0 Å². The van der Waals surface area contributed by atoms with Crippen molar-refractivity contribution in [1.82, 2.24) is 5.32 Å². The average Bonchev–Trinajstić information content (AvgIpc) is 3.02. The summed E-state index contributed by atoms with van der Waals surface area (Å²) in [6.45, 7) is 0. The van der Waals surface area contributed by atoms with Gasteiger partial charge >= 0.3 is 5.97 Å². The summed E-state index contributed by atoms with van der Waals surface area (Å²) in [6, 6.07) is 10.8. The number of carboxylic acids is 1. The van der Waals surface area contributed by atoms with E-state index in [9.17, 15) is 9.59 Å². The molecule has 0 saturated heterocycles. The number of hydrogen-bond donors (Lipinski definition) is 2. The molecule has 0 heterocycles. The van der Waals surface area contributed by atoms with Gasteiger partial charge in [-0.15, -0.1) is 0 Å². The maximum absolute atomic E-state index is 12.5. The Hall–Kier alpha value is -1.84. The molecule has 0 spiro atoms. The summed E-state index contributed by atoms with van der Waals surface area (Å²) in [5.74, 6) is -0.504. The van der Waals surface area contributed by atoms with Crippen LogP contribution in [0.15, 0.2) is 30.3 Å². The molecule has 4 atom stereocenters. The van der Waals surface area contributed by atoms with E-state index in [1.54, 1.807) is 0 Å². The zero-order chi connectivity index (χ0) is 16.9. The van der Waals surface area contributed by atoms with E-state index >= 15 is 0 Å². The molecule has 0 radical (unpaired) electrons. The van der Waals surface area contributed by atoms with Crippen molar-refractivity contribution in [2.75, 3.05) is 0 Å². The second-order valence-corrected chi connectivity index (χ2v) is 7.47. The third-order valence-electron chi connectivity index (χ3n) is 5.65. The molecule has 2 aliphatic carbocycles. The molecule has 2 aliphatic rings. The molecule has 4 unspecified atom stereocenters. The molecule has 130 valence electrons. The highest BCUT2D eigenvalue weighted by molar-refractivity contribution is 5.80. The molecule has 1 aromatic carbocycles. The maximum Gasteiger partial charge on any atom is 0.306 e. The Morgan fingerprint density at radius 3 is 2.50 bits per heavy atom. The minimum absolute atomic E-state index is 0.0753. The van der Waals surface area contributed by atoms with Crippen LogP contribution < -0.4 is 5.32 Å². The number of carbonyl (C=O) groups excluding carboxylic acids is 1. The maximum atomic E-state index is 12.5. The second-order valence-electron chi connectivity index (χ2n) is 7.47. The van der Waals surface area contributed by atoms with Crippen molar-refractivity contribution >= 4 is 11.9 Å². The number of hydrogen-bond acceptors (Lipinski definition) is 2. The van der Waals surface area contributed by atoms with Crippen LogP contribution in [0.2, 0.25) is 0 Å². The van der Waals surface area contributed by atoms with Gasteiger partial charge in [0.25, 0.3) is 0 Å². The van der Waals surface area contributed by atoms with Crippen molar-refractivity contribution in [2.45, 2.75) is 57.4 Å². The van der Waals surface area contributed by atoms with E-state index in [2.05, 4.69) is 29.6 Å². The second kappa shape index (κ2) is 7.82. The van der Waals surface area contributed by atoms with Crippen molar-refractivity contribution in [3.63, 3.8) is 0 Å². The minimum Gasteiger partial charge on any atom is -0.481 e. The van der Waals surface area contributed by atoms with Crippen LogP contribution in [0.1, 0.15) is 50.5 Å². The highest BCUT2D eigenvalue weighted by Crippen LogP contribution is 2.32. The van der Waals surface area contributed by atoms with E-state index in [0.29, 0.717) is 18.8 Å². The molecule has 0 aliphatic heterocycles. The van der Waals surface area contributed by atoms with Gasteiger partial charge in [-0.1, -0.05) is 36.8 Å². The molecule has 4 heteroatoms. The fourth-order valence-electron chi connectivity index (χ4n) is 4.31. The molecular formula is C20H27NO3. The first-order valence-corrected chi connectivity index (χ1v) is 9.19. The van der Waals surface area contributed by atoms with Gasteiger partial charge in [-0.05, 0) is 56.4 Å². The number of benzene rings is 1. The van der Waals surface area contributed by atoms with Crippen LogP contribution in [-0.2, 0) is 16.0 Å². The lowest BCUT2D eigenvalue weighted by Crippen LogP contribution is -2.40. The lowest BCUT2D eigenvalue weighted by Gasteiger charge is -2.27. The molecule has 1 amide bonds. The summed E-state index contributed by atoms with van der Waals surface area (Å²) in [4.78, 5) is 23.6. The Morgan fingerprint density at radius 2 is 1.75 bits per heavy atom. The largest absolute Gasteiger partial charge is 0.481 e. The van der Waals surface area contributed by atoms with Crippen LogP contribution >= 0.6 is 0 Å². The number of carboxylic acid groups (broad SMARTS) is 1. The number of nitrogens with one attached hydrogen (secondary N) is 1. The highest BCUT2D eigenvalue weighted by Gasteiger charge is 2.33. The third-order valence-corrected chi connectivity index (χ3v) is 5.65. The zero-order valence-corrected chi connectivity index (χ0v) is 14.1. The van der Waals surface area contributed by atoms with Crippen LogP contribution in [0.25, 0.3) is 0 Å². The van der Waals surface area contributed by atoms with Crippen molar-refractivity contribution in [1.29, 1.82) is 0 Å². The average molecular weight is 329 g/mol. The van der Waals surface area contributed by atoms with Gasteiger partial charge in [-0.25, -0.2) is 0 Å². The summed E-state index contributed by atoms with van der Waals surface area (Å²) in [5, 5.41) is 12.4. The van der Waals surface area contributed by atoms with Gasteiger partial charge in [0.2, 0.25) is 5.91 Å². The van der Waals surface area contributed by atoms with Crippen molar-refractivity contribution in [3.8, 4) is 0 Å². The molecule has 2 fully saturated rings. The molecular weight excluding hydrogens is 302 g/mol. The molecule has 0 bridgehead atoms. The van der Waals surface area contributed by atoms with Crippen LogP contribution in [0.5, 0.6) is 0 Å². The van der Waals surface area contributed by atoms with Gasteiger partial charge in [0.1, 0.15) is 0 Å². The quantitative estimate of drug-likeness (QED) is 0.870. The van der Waals surface area contributed by atoms with Gasteiger partial charge in [-0.3, -0.25) is 9.59 Å². The molecule has 4 nitrogen and oxygen atoms in total. The predicted molar refractivity (Wildman–Crippen MR) is 92.5 cm³/mol. The predicted octanol–water partition coefficient (Wildman–Crippen LogP) is 3.41. The van der Waals surface area contributed by atoms with Gasteiger partial charge < -0.3 is 10.4 Å². The number of aliphatic carboxylic acids is 1. The minimum atomic E-state index is -0.753. The van der Waals surface area contributed by atoms with Crippen LogP contribution in [0.4, 0.5) is 0 Å². The first-order chi connectivity index (χ1) is 11.6. The van der Waals surface area contributed by atoms with E-state index < -0.39 is 5.97 Å². The fourth-order valence-corrected chi connectivity index (χ4v) is 4.31. The normalized spacial score (nSPS) is 30.0. The summed E-state index contributed by atoms with van der Waals surface area (Å²) < 4.78 is 0. The lowest BCUT2D eigenvalue weighted by molar-refractivity contribution is -0.144.